The molecule has 27 heavy (non-hydrogen) atoms. The molecule has 0 aliphatic carbocycles. The van der Waals surface area contributed by atoms with Crippen molar-refractivity contribution in [3.63, 3.8) is 0 Å². The summed E-state index contributed by atoms with van der Waals surface area (Å²) < 4.78 is 10.4. The van der Waals surface area contributed by atoms with E-state index in [0.29, 0.717) is 22.2 Å². The normalized spacial score (nSPS) is 11.6. The second-order valence-corrected chi connectivity index (χ2v) is 7.37. The van der Waals surface area contributed by atoms with Crippen LogP contribution in [-0.2, 0) is 20.1 Å². The molecule has 7 heteroatoms. The standard InChI is InChI=1S/C20H22ClNO4S/c1-13-4-6-15(7-5-13)11-27-12-19(23)26-14(2)20(24)22-17-10-16(21)8-9-18(17)25-3/h4-10,14H,11-12H2,1-3H3,(H,22,24)/t14-/m1/s1. The highest BCUT2D eigenvalue weighted by Crippen LogP contribution is 2.27. The molecule has 0 radical (unpaired) electrons. The molecule has 0 aliphatic rings. The van der Waals surface area contributed by atoms with Crippen LogP contribution in [0.2, 0.25) is 5.02 Å². The van der Waals surface area contributed by atoms with Crippen LogP contribution in [0.5, 0.6) is 5.75 Å². The number of anilines is 1. The van der Waals surface area contributed by atoms with Crippen LogP contribution >= 0.6 is 23.4 Å². The molecule has 0 saturated heterocycles. The van der Waals surface area contributed by atoms with Crippen LogP contribution in [0.1, 0.15) is 18.1 Å². The Bertz CT molecular complexity index is 795. The molecule has 0 heterocycles. The molecule has 0 fully saturated rings. The van der Waals surface area contributed by atoms with Crippen molar-refractivity contribution in [2.24, 2.45) is 0 Å². The Morgan fingerprint density at radius 1 is 1.19 bits per heavy atom. The number of amides is 1. The molecular weight excluding hydrogens is 386 g/mol. The van der Waals surface area contributed by atoms with Crippen molar-refractivity contribution in [3.8, 4) is 5.75 Å². The molecule has 1 N–H and O–H groups in total. The van der Waals surface area contributed by atoms with E-state index in [9.17, 15) is 9.59 Å². The molecule has 2 aromatic carbocycles. The summed E-state index contributed by atoms with van der Waals surface area (Å²) in [7, 11) is 1.49. The predicted molar refractivity (Wildman–Crippen MR) is 110 cm³/mol. The predicted octanol–water partition coefficient (Wildman–Crippen LogP) is 4.46. The van der Waals surface area contributed by atoms with Gasteiger partial charge in [0.2, 0.25) is 0 Å². The number of carbonyl (C=O) groups excluding carboxylic acids is 2. The Labute approximate surface area is 168 Å². The molecule has 0 bridgehead atoms. The van der Waals surface area contributed by atoms with Crippen molar-refractivity contribution in [1.29, 1.82) is 0 Å². The average Bonchev–Trinajstić information content (AvgIpc) is 2.63. The average molecular weight is 408 g/mol. The quantitative estimate of drug-likeness (QED) is 0.654. The first-order chi connectivity index (χ1) is 12.9. The van der Waals surface area contributed by atoms with Gasteiger partial charge in [-0.15, -0.1) is 11.8 Å². The minimum atomic E-state index is -0.929. The maximum atomic E-state index is 12.3. The van der Waals surface area contributed by atoms with Crippen LogP contribution in [0.25, 0.3) is 0 Å². The summed E-state index contributed by atoms with van der Waals surface area (Å²) >= 11 is 7.38. The van der Waals surface area contributed by atoms with Crippen molar-refractivity contribution in [3.05, 3.63) is 58.6 Å². The summed E-state index contributed by atoms with van der Waals surface area (Å²) in [6.45, 7) is 3.55. The smallest absolute Gasteiger partial charge is 0.316 e. The molecule has 0 spiro atoms. The van der Waals surface area contributed by atoms with Crippen LogP contribution in [0.4, 0.5) is 5.69 Å². The van der Waals surface area contributed by atoms with Crippen LogP contribution in [0.15, 0.2) is 42.5 Å². The number of thioether (sulfide) groups is 1. The zero-order valence-electron chi connectivity index (χ0n) is 15.5. The highest BCUT2D eigenvalue weighted by atomic mass is 35.5. The van der Waals surface area contributed by atoms with E-state index in [2.05, 4.69) is 5.32 Å². The van der Waals surface area contributed by atoms with Gasteiger partial charge < -0.3 is 14.8 Å². The third-order valence-corrected chi connectivity index (χ3v) is 4.92. The summed E-state index contributed by atoms with van der Waals surface area (Å²) in [5, 5.41) is 3.12. The summed E-state index contributed by atoms with van der Waals surface area (Å²) in [6, 6.07) is 13.0. The maximum absolute atomic E-state index is 12.3. The molecule has 1 amide bonds. The molecular formula is C20H22ClNO4S. The number of rotatable bonds is 8. The monoisotopic (exact) mass is 407 g/mol. The molecule has 0 aliphatic heterocycles. The summed E-state index contributed by atoms with van der Waals surface area (Å²) in [4.78, 5) is 24.2. The third-order valence-electron chi connectivity index (χ3n) is 3.71. The van der Waals surface area contributed by atoms with E-state index in [4.69, 9.17) is 21.1 Å². The van der Waals surface area contributed by atoms with E-state index in [1.54, 1.807) is 18.2 Å². The fraction of sp³-hybridized carbons (Fsp3) is 0.300. The molecule has 1 atom stereocenters. The van der Waals surface area contributed by atoms with Gasteiger partial charge in [0.15, 0.2) is 6.10 Å². The number of nitrogens with one attached hydrogen (secondary N) is 1. The molecule has 5 nitrogen and oxygen atoms in total. The first-order valence-corrected chi connectivity index (χ1v) is 9.89. The molecule has 0 unspecified atom stereocenters. The second-order valence-electron chi connectivity index (χ2n) is 5.94. The molecule has 0 aromatic heterocycles. The summed E-state index contributed by atoms with van der Waals surface area (Å²) in [5.74, 6) is 0.460. The van der Waals surface area contributed by atoms with Gasteiger partial charge in [0.25, 0.3) is 5.91 Å². The van der Waals surface area contributed by atoms with Gasteiger partial charge in [-0.3, -0.25) is 9.59 Å². The van der Waals surface area contributed by atoms with Gasteiger partial charge in [-0.05, 0) is 37.6 Å². The van der Waals surface area contributed by atoms with Crippen molar-refractivity contribution < 1.29 is 19.1 Å². The Morgan fingerprint density at radius 2 is 1.89 bits per heavy atom. The largest absolute Gasteiger partial charge is 0.495 e. The SMILES string of the molecule is COc1ccc(Cl)cc1NC(=O)[C@@H](C)OC(=O)CSCc1ccc(C)cc1. The van der Waals surface area contributed by atoms with Gasteiger partial charge in [0.05, 0.1) is 18.6 Å². The number of hydrogen-bond donors (Lipinski definition) is 1. The van der Waals surface area contributed by atoms with E-state index < -0.39 is 18.0 Å². The number of aryl methyl sites for hydroxylation is 1. The number of hydrogen-bond acceptors (Lipinski definition) is 5. The number of esters is 1. The van der Waals surface area contributed by atoms with Gasteiger partial charge >= 0.3 is 5.97 Å². The number of benzene rings is 2. The van der Waals surface area contributed by atoms with Crippen LogP contribution in [0.3, 0.4) is 0 Å². The minimum Gasteiger partial charge on any atom is -0.495 e. The van der Waals surface area contributed by atoms with Crippen LogP contribution in [-0.4, -0.2) is 30.8 Å². The molecule has 2 rings (SSSR count). The zero-order chi connectivity index (χ0) is 19.8. The minimum absolute atomic E-state index is 0.173. The van der Waals surface area contributed by atoms with Gasteiger partial charge in [0, 0.05) is 10.8 Å². The lowest BCUT2D eigenvalue weighted by atomic mass is 10.2. The Kier molecular flexibility index (Phi) is 8.00. The van der Waals surface area contributed by atoms with Crippen molar-refractivity contribution in [1.82, 2.24) is 0 Å². The lowest BCUT2D eigenvalue weighted by Crippen LogP contribution is -2.30. The number of methoxy groups -OCH3 is 1. The molecule has 0 saturated carbocycles. The van der Waals surface area contributed by atoms with Crippen LogP contribution in [0, 0.1) is 6.92 Å². The highest BCUT2D eigenvalue weighted by molar-refractivity contribution is 7.99. The van der Waals surface area contributed by atoms with Crippen molar-refractivity contribution in [2.45, 2.75) is 25.7 Å². The first kappa shape index (κ1) is 21.1. The number of halogens is 1. The molecule has 2 aromatic rings. The highest BCUT2D eigenvalue weighted by Gasteiger charge is 2.19. The van der Waals surface area contributed by atoms with Crippen molar-refractivity contribution >= 4 is 40.9 Å². The van der Waals surface area contributed by atoms with E-state index in [-0.39, 0.29) is 5.75 Å². The lowest BCUT2D eigenvalue weighted by molar-refractivity contribution is -0.150. The number of carbonyl (C=O) groups is 2. The van der Waals surface area contributed by atoms with Gasteiger partial charge in [-0.25, -0.2) is 0 Å². The fourth-order valence-corrected chi connectivity index (χ4v) is 3.17. The van der Waals surface area contributed by atoms with Crippen LogP contribution < -0.4 is 10.1 Å². The Hall–Kier alpha value is -2.18. The Morgan fingerprint density at radius 3 is 2.56 bits per heavy atom. The third kappa shape index (κ3) is 6.81. The van der Waals surface area contributed by atoms with Crippen molar-refractivity contribution in [2.75, 3.05) is 18.2 Å². The summed E-state index contributed by atoms with van der Waals surface area (Å²) in [6.07, 6.45) is -0.929. The molecule has 144 valence electrons. The van der Waals surface area contributed by atoms with E-state index in [0.717, 1.165) is 5.56 Å². The van der Waals surface area contributed by atoms with E-state index >= 15 is 0 Å². The lowest BCUT2D eigenvalue weighted by Gasteiger charge is -2.15. The Balaban J connectivity index is 1.80. The number of ether oxygens (including phenoxy) is 2. The van der Waals surface area contributed by atoms with E-state index in [1.807, 2.05) is 31.2 Å². The van der Waals surface area contributed by atoms with E-state index in [1.165, 1.54) is 31.4 Å². The second kappa shape index (κ2) is 10.2. The zero-order valence-corrected chi connectivity index (χ0v) is 17.0. The summed E-state index contributed by atoms with van der Waals surface area (Å²) in [5.41, 5.74) is 2.75. The van der Waals surface area contributed by atoms with Gasteiger partial charge in [-0.2, -0.15) is 0 Å². The fourth-order valence-electron chi connectivity index (χ4n) is 2.23. The first-order valence-electron chi connectivity index (χ1n) is 8.36. The van der Waals surface area contributed by atoms with Gasteiger partial charge in [0.1, 0.15) is 5.75 Å². The topological polar surface area (TPSA) is 64.6 Å². The van der Waals surface area contributed by atoms with Gasteiger partial charge in [-0.1, -0.05) is 41.4 Å². The maximum Gasteiger partial charge on any atom is 0.316 e.